The number of hydrogen-bond acceptors (Lipinski definition) is 5. The van der Waals surface area contributed by atoms with E-state index in [0.29, 0.717) is 12.1 Å². The molecule has 0 aliphatic heterocycles. The molecule has 0 amide bonds. The summed E-state index contributed by atoms with van der Waals surface area (Å²) in [6, 6.07) is 4.21. The number of nitro benzene ring substituents is 1. The average molecular weight is 280 g/mol. The van der Waals surface area contributed by atoms with Crippen molar-refractivity contribution in [2.75, 3.05) is 13.2 Å². The van der Waals surface area contributed by atoms with Crippen molar-refractivity contribution in [3.8, 4) is 0 Å². The van der Waals surface area contributed by atoms with Gasteiger partial charge in [-0.15, -0.1) is 0 Å². The minimum absolute atomic E-state index is 0.0932. The standard InChI is InChI=1S/C13H16N2O5/c16-8-13(4-5-13)7-14-6-9-2-1-3-10(15(19)20)11(9)12(17)18/h1-3,14,16H,4-8H2,(H,17,18). The molecule has 1 saturated carbocycles. The van der Waals surface area contributed by atoms with Crippen LogP contribution in [-0.4, -0.2) is 34.3 Å². The fourth-order valence-electron chi connectivity index (χ4n) is 2.16. The molecule has 0 bridgehead atoms. The van der Waals surface area contributed by atoms with Crippen molar-refractivity contribution < 1.29 is 19.9 Å². The second-order valence-corrected chi connectivity index (χ2v) is 5.14. The lowest BCUT2D eigenvalue weighted by molar-refractivity contribution is -0.385. The van der Waals surface area contributed by atoms with Crippen LogP contribution >= 0.6 is 0 Å². The Labute approximate surface area is 115 Å². The molecule has 0 spiro atoms. The van der Waals surface area contributed by atoms with Crippen molar-refractivity contribution in [2.24, 2.45) is 5.41 Å². The zero-order chi connectivity index (χ0) is 14.8. The highest BCUT2D eigenvalue weighted by atomic mass is 16.6. The van der Waals surface area contributed by atoms with Crippen molar-refractivity contribution in [3.05, 3.63) is 39.4 Å². The summed E-state index contributed by atoms with van der Waals surface area (Å²) < 4.78 is 0. The van der Waals surface area contributed by atoms with Crippen LogP contribution in [0.2, 0.25) is 0 Å². The maximum absolute atomic E-state index is 11.2. The first-order valence-electron chi connectivity index (χ1n) is 6.30. The lowest BCUT2D eigenvalue weighted by atomic mass is 10.0. The number of nitro groups is 1. The Hall–Kier alpha value is -1.99. The van der Waals surface area contributed by atoms with E-state index >= 15 is 0 Å². The van der Waals surface area contributed by atoms with Gasteiger partial charge < -0.3 is 15.5 Å². The number of carboxylic acids is 1. The quantitative estimate of drug-likeness (QED) is 0.510. The lowest BCUT2D eigenvalue weighted by Gasteiger charge is -2.13. The van der Waals surface area contributed by atoms with Gasteiger partial charge in [-0.3, -0.25) is 10.1 Å². The lowest BCUT2D eigenvalue weighted by Crippen LogP contribution is -2.26. The molecule has 0 radical (unpaired) electrons. The van der Waals surface area contributed by atoms with E-state index in [1.165, 1.54) is 12.1 Å². The topological polar surface area (TPSA) is 113 Å². The molecule has 0 saturated heterocycles. The van der Waals surface area contributed by atoms with Crippen LogP contribution in [0.25, 0.3) is 0 Å². The maximum atomic E-state index is 11.2. The number of hydrogen-bond donors (Lipinski definition) is 3. The third-order valence-electron chi connectivity index (χ3n) is 3.65. The Morgan fingerprint density at radius 3 is 2.65 bits per heavy atom. The fraction of sp³-hybridized carbons (Fsp3) is 0.462. The van der Waals surface area contributed by atoms with Gasteiger partial charge in [-0.25, -0.2) is 4.79 Å². The first-order chi connectivity index (χ1) is 9.49. The number of rotatable bonds is 7. The summed E-state index contributed by atoms with van der Waals surface area (Å²) in [6.45, 7) is 0.900. The number of carboxylic acid groups (broad SMARTS) is 1. The van der Waals surface area contributed by atoms with Crippen LogP contribution < -0.4 is 5.32 Å². The smallest absolute Gasteiger partial charge is 0.343 e. The van der Waals surface area contributed by atoms with E-state index in [-0.39, 0.29) is 24.1 Å². The highest BCUT2D eigenvalue weighted by Gasteiger charge is 2.41. The Bertz CT molecular complexity index is 540. The van der Waals surface area contributed by atoms with E-state index < -0.39 is 16.6 Å². The molecular weight excluding hydrogens is 264 g/mol. The zero-order valence-corrected chi connectivity index (χ0v) is 10.8. The van der Waals surface area contributed by atoms with Gasteiger partial charge in [0.1, 0.15) is 5.56 Å². The van der Waals surface area contributed by atoms with Crippen molar-refractivity contribution in [2.45, 2.75) is 19.4 Å². The van der Waals surface area contributed by atoms with Crippen LogP contribution in [0.5, 0.6) is 0 Å². The van der Waals surface area contributed by atoms with E-state index in [2.05, 4.69) is 5.32 Å². The number of benzene rings is 1. The molecule has 1 aliphatic carbocycles. The summed E-state index contributed by atoms with van der Waals surface area (Å²) in [7, 11) is 0. The minimum atomic E-state index is -1.31. The summed E-state index contributed by atoms with van der Waals surface area (Å²) >= 11 is 0. The number of aliphatic hydroxyl groups is 1. The predicted octanol–water partition coefficient (Wildman–Crippen LogP) is 1.16. The predicted molar refractivity (Wildman–Crippen MR) is 70.5 cm³/mol. The highest BCUT2D eigenvalue weighted by Crippen LogP contribution is 2.44. The van der Waals surface area contributed by atoms with E-state index in [1.807, 2.05) is 0 Å². The Kier molecular flexibility index (Phi) is 4.01. The molecule has 1 fully saturated rings. The highest BCUT2D eigenvalue weighted by molar-refractivity contribution is 5.94. The number of aliphatic hydroxyl groups excluding tert-OH is 1. The largest absolute Gasteiger partial charge is 0.477 e. The van der Waals surface area contributed by atoms with Crippen LogP contribution in [-0.2, 0) is 6.54 Å². The molecule has 0 unspecified atom stereocenters. The summed E-state index contributed by atoms with van der Waals surface area (Å²) in [6.07, 6.45) is 1.88. The third kappa shape index (κ3) is 2.94. The van der Waals surface area contributed by atoms with Gasteiger partial charge >= 0.3 is 5.97 Å². The van der Waals surface area contributed by atoms with E-state index in [4.69, 9.17) is 5.11 Å². The first kappa shape index (κ1) is 14.4. The van der Waals surface area contributed by atoms with Gasteiger partial charge in [0.25, 0.3) is 5.69 Å². The van der Waals surface area contributed by atoms with Crippen molar-refractivity contribution in [1.29, 1.82) is 0 Å². The minimum Gasteiger partial charge on any atom is -0.477 e. The Morgan fingerprint density at radius 2 is 2.15 bits per heavy atom. The molecule has 0 aromatic heterocycles. The number of nitrogens with zero attached hydrogens (tertiary/aromatic N) is 1. The second kappa shape index (κ2) is 5.56. The van der Waals surface area contributed by atoms with Crippen molar-refractivity contribution >= 4 is 11.7 Å². The number of aromatic carboxylic acids is 1. The van der Waals surface area contributed by atoms with Crippen LogP contribution in [0.1, 0.15) is 28.8 Å². The van der Waals surface area contributed by atoms with Gasteiger partial charge in [0.15, 0.2) is 0 Å². The van der Waals surface area contributed by atoms with Gasteiger partial charge in [-0.05, 0) is 18.4 Å². The molecule has 1 aliphatic rings. The molecule has 20 heavy (non-hydrogen) atoms. The second-order valence-electron chi connectivity index (χ2n) is 5.14. The van der Waals surface area contributed by atoms with Crippen LogP contribution in [0.3, 0.4) is 0 Å². The number of carbonyl (C=O) groups is 1. The summed E-state index contributed by atoms with van der Waals surface area (Å²) in [5, 5.41) is 32.3. The Morgan fingerprint density at radius 1 is 1.45 bits per heavy atom. The molecule has 2 rings (SSSR count). The van der Waals surface area contributed by atoms with E-state index in [9.17, 15) is 20.0 Å². The zero-order valence-electron chi connectivity index (χ0n) is 10.8. The van der Waals surface area contributed by atoms with Crippen LogP contribution in [0.4, 0.5) is 5.69 Å². The van der Waals surface area contributed by atoms with Crippen molar-refractivity contribution in [3.63, 3.8) is 0 Å². The first-order valence-corrected chi connectivity index (χ1v) is 6.30. The number of nitrogens with one attached hydrogen (secondary N) is 1. The van der Waals surface area contributed by atoms with Crippen LogP contribution in [0.15, 0.2) is 18.2 Å². The molecule has 108 valence electrons. The molecular formula is C13H16N2O5. The molecule has 1 aromatic carbocycles. The summed E-state index contributed by atoms with van der Waals surface area (Å²) in [5.41, 5.74) is -0.399. The van der Waals surface area contributed by atoms with Gasteiger partial charge in [-0.2, -0.15) is 0 Å². The summed E-state index contributed by atoms with van der Waals surface area (Å²) in [4.78, 5) is 21.4. The molecule has 7 nitrogen and oxygen atoms in total. The average Bonchev–Trinajstić information content (AvgIpc) is 3.18. The van der Waals surface area contributed by atoms with E-state index in [0.717, 1.165) is 12.8 Å². The van der Waals surface area contributed by atoms with Gasteiger partial charge in [0.05, 0.1) is 4.92 Å². The molecule has 0 atom stereocenters. The molecule has 0 heterocycles. The van der Waals surface area contributed by atoms with Gasteiger partial charge in [-0.1, -0.05) is 12.1 Å². The normalized spacial score (nSPS) is 15.8. The maximum Gasteiger partial charge on any atom is 0.343 e. The van der Waals surface area contributed by atoms with Crippen LogP contribution in [0, 0.1) is 15.5 Å². The van der Waals surface area contributed by atoms with Gasteiger partial charge in [0.2, 0.25) is 0 Å². The third-order valence-corrected chi connectivity index (χ3v) is 3.65. The van der Waals surface area contributed by atoms with Crippen molar-refractivity contribution in [1.82, 2.24) is 5.32 Å². The molecule has 1 aromatic rings. The molecule has 7 heteroatoms. The molecule has 3 N–H and O–H groups in total. The summed E-state index contributed by atoms with van der Waals surface area (Å²) in [5.74, 6) is -1.31. The van der Waals surface area contributed by atoms with Gasteiger partial charge in [0, 0.05) is 31.2 Å². The Balaban J connectivity index is 2.12. The van der Waals surface area contributed by atoms with E-state index in [1.54, 1.807) is 6.07 Å². The fourth-order valence-corrected chi connectivity index (χ4v) is 2.16. The SMILES string of the molecule is O=C(O)c1c(CNCC2(CO)CC2)cccc1[N+](=O)[O-]. The monoisotopic (exact) mass is 280 g/mol.